The Balaban J connectivity index is 2.27. The van der Waals surface area contributed by atoms with Crippen LogP contribution in [0, 0.1) is 13.8 Å². The lowest BCUT2D eigenvalue weighted by molar-refractivity contribution is 0.102. The van der Waals surface area contributed by atoms with Crippen LogP contribution in [0.3, 0.4) is 0 Å². The molecule has 0 saturated heterocycles. The number of aromatic nitrogens is 2. The van der Waals surface area contributed by atoms with Gasteiger partial charge >= 0.3 is 0 Å². The van der Waals surface area contributed by atoms with Crippen molar-refractivity contribution in [3.8, 4) is 0 Å². The van der Waals surface area contributed by atoms with Crippen molar-refractivity contribution in [2.75, 3.05) is 11.1 Å². The van der Waals surface area contributed by atoms with Gasteiger partial charge in [0, 0.05) is 5.56 Å². The molecule has 88 valence electrons. The van der Waals surface area contributed by atoms with E-state index in [4.69, 9.17) is 5.73 Å². The first-order chi connectivity index (χ1) is 8.09. The molecule has 0 radical (unpaired) electrons. The van der Waals surface area contributed by atoms with Gasteiger partial charge in [0.05, 0.1) is 11.9 Å². The summed E-state index contributed by atoms with van der Waals surface area (Å²) in [6, 6.07) is 5.61. The highest BCUT2D eigenvalue weighted by Crippen LogP contribution is 2.17. The summed E-state index contributed by atoms with van der Waals surface area (Å²) in [6.07, 6.45) is 1.46. The van der Waals surface area contributed by atoms with Crippen LogP contribution in [0.2, 0.25) is 0 Å². The van der Waals surface area contributed by atoms with Crippen LogP contribution in [0.4, 0.5) is 11.5 Å². The first kappa shape index (κ1) is 11.2. The van der Waals surface area contributed by atoms with Crippen molar-refractivity contribution in [1.29, 1.82) is 0 Å². The first-order valence-corrected chi connectivity index (χ1v) is 5.26. The zero-order chi connectivity index (χ0) is 12.4. The maximum absolute atomic E-state index is 12.0. The van der Waals surface area contributed by atoms with Crippen molar-refractivity contribution in [2.45, 2.75) is 13.8 Å². The molecule has 0 atom stereocenters. The fourth-order valence-corrected chi connectivity index (χ4v) is 1.57. The minimum atomic E-state index is -0.192. The van der Waals surface area contributed by atoms with Gasteiger partial charge in [-0.25, -0.2) is 0 Å². The van der Waals surface area contributed by atoms with Crippen molar-refractivity contribution >= 4 is 17.4 Å². The number of anilines is 2. The van der Waals surface area contributed by atoms with Crippen LogP contribution in [0.5, 0.6) is 0 Å². The Hall–Kier alpha value is -2.30. The van der Waals surface area contributed by atoms with Gasteiger partial charge in [-0.05, 0) is 31.0 Å². The van der Waals surface area contributed by atoms with Crippen LogP contribution in [0.15, 0.2) is 24.4 Å². The number of carbonyl (C=O) groups excluding carboxylic acids is 1. The third kappa shape index (κ3) is 2.13. The monoisotopic (exact) mass is 230 g/mol. The zero-order valence-corrected chi connectivity index (χ0v) is 9.74. The Morgan fingerprint density at radius 1 is 1.41 bits per heavy atom. The molecule has 5 heteroatoms. The topological polar surface area (TPSA) is 83.8 Å². The Kier molecular flexibility index (Phi) is 2.82. The number of benzene rings is 1. The summed E-state index contributed by atoms with van der Waals surface area (Å²) >= 11 is 0. The Morgan fingerprint density at radius 2 is 2.18 bits per heavy atom. The van der Waals surface area contributed by atoms with Crippen molar-refractivity contribution in [1.82, 2.24) is 10.2 Å². The molecular formula is C12H14N4O. The number of aryl methyl sites for hydroxylation is 1. The molecule has 1 aromatic carbocycles. The number of nitrogens with two attached hydrogens (primary N) is 1. The fraction of sp³-hybridized carbons (Fsp3) is 0.167. The third-order valence-electron chi connectivity index (χ3n) is 2.76. The number of hydrogen-bond acceptors (Lipinski definition) is 3. The Labute approximate surface area is 99.0 Å². The molecule has 1 heterocycles. The number of carbonyl (C=O) groups is 1. The van der Waals surface area contributed by atoms with E-state index in [0.717, 1.165) is 11.1 Å². The fourth-order valence-electron chi connectivity index (χ4n) is 1.57. The maximum Gasteiger partial charge on any atom is 0.257 e. The van der Waals surface area contributed by atoms with Crippen LogP contribution in [-0.2, 0) is 0 Å². The van der Waals surface area contributed by atoms with Gasteiger partial charge in [0.1, 0.15) is 0 Å². The second-order valence-corrected chi connectivity index (χ2v) is 3.90. The molecule has 0 spiro atoms. The summed E-state index contributed by atoms with van der Waals surface area (Å²) in [7, 11) is 0. The smallest absolute Gasteiger partial charge is 0.257 e. The number of aromatic amines is 1. The third-order valence-corrected chi connectivity index (χ3v) is 2.76. The lowest BCUT2D eigenvalue weighted by atomic mass is 10.0. The SMILES string of the molecule is Cc1cccc(C(=O)Nc2[nH]ncc2N)c1C. The summed E-state index contributed by atoms with van der Waals surface area (Å²) in [5.74, 6) is 0.234. The second-order valence-electron chi connectivity index (χ2n) is 3.90. The number of nitrogens with zero attached hydrogens (tertiary/aromatic N) is 1. The molecule has 0 unspecified atom stereocenters. The number of H-pyrrole nitrogens is 1. The molecule has 2 rings (SSSR count). The van der Waals surface area contributed by atoms with E-state index in [1.54, 1.807) is 6.07 Å². The van der Waals surface area contributed by atoms with E-state index >= 15 is 0 Å². The van der Waals surface area contributed by atoms with Crippen LogP contribution in [0.25, 0.3) is 0 Å². The van der Waals surface area contributed by atoms with Gasteiger partial charge < -0.3 is 11.1 Å². The van der Waals surface area contributed by atoms with Crippen LogP contribution >= 0.6 is 0 Å². The molecular weight excluding hydrogens is 216 g/mol. The Bertz CT molecular complexity index is 559. The zero-order valence-electron chi connectivity index (χ0n) is 9.74. The molecule has 0 bridgehead atoms. The van der Waals surface area contributed by atoms with Gasteiger partial charge in [-0.2, -0.15) is 5.10 Å². The number of amides is 1. The summed E-state index contributed by atoms with van der Waals surface area (Å²) in [5.41, 5.74) is 8.72. The molecule has 17 heavy (non-hydrogen) atoms. The molecule has 1 aromatic heterocycles. The van der Waals surface area contributed by atoms with E-state index < -0.39 is 0 Å². The summed E-state index contributed by atoms with van der Waals surface area (Å²) in [6.45, 7) is 3.89. The van der Waals surface area contributed by atoms with Gasteiger partial charge in [0.2, 0.25) is 0 Å². The minimum Gasteiger partial charge on any atom is -0.394 e. The van der Waals surface area contributed by atoms with E-state index in [9.17, 15) is 4.79 Å². The number of rotatable bonds is 2. The van der Waals surface area contributed by atoms with E-state index in [-0.39, 0.29) is 5.91 Å². The number of hydrogen-bond donors (Lipinski definition) is 3. The first-order valence-electron chi connectivity index (χ1n) is 5.26. The largest absolute Gasteiger partial charge is 0.394 e. The lowest BCUT2D eigenvalue weighted by Crippen LogP contribution is -2.15. The van der Waals surface area contributed by atoms with Gasteiger partial charge in [-0.15, -0.1) is 0 Å². The highest BCUT2D eigenvalue weighted by Gasteiger charge is 2.12. The Morgan fingerprint density at radius 3 is 2.82 bits per heavy atom. The molecule has 2 aromatic rings. The van der Waals surface area contributed by atoms with Gasteiger partial charge in [0.25, 0.3) is 5.91 Å². The van der Waals surface area contributed by atoms with Crippen molar-refractivity contribution in [3.63, 3.8) is 0 Å². The normalized spacial score (nSPS) is 10.2. The molecule has 4 N–H and O–H groups in total. The molecule has 0 aliphatic carbocycles. The van der Waals surface area contributed by atoms with Crippen LogP contribution in [-0.4, -0.2) is 16.1 Å². The van der Waals surface area contributed by atoms with Crippen molar-refractivity contribution < 1.29 is 4.79 Å². The highest BCUT2D eigenvalue weighted by atomic mass is 16.1. The number of nitrogens with one attached hydrogen (secondary N) is 2. The summed E-state index contributed by atoms with van der Waals surface area (Å²) < 4.78 is 0. The van der Waals surface area contributed by atoms with Crippen LogP contribution in [0.1, 0.15) is 21.5 Å². The van der Waals surface area contributed by atoms with Gasteiger partial charge in [0.15, 0.2) is 5.82 Å². The lowest BCUT2D eigenvalue weighted by Gasteiger charge is -2.08. The molecule has 0 aliphatic heterocycles. The summed E-state index contributed by atoms with van der Waals surface area (Å²) in [4.78, 5) is 12.0. The molecule has 0 aliphatic rings. The quantitative estimate of drug-likeness (QED) is 0.736. The predicted octanol–water partition coefficient (Wildman–Crippen LogP) is 1.86. The average Bonchev–Trinajstić information content (AvgIpc) is 2.68. The van der Waals surface area contributed by atoms with Gasteiger partial charge in [-0.3, -0.25) is 9.89 Å². The maximum atomic E-state index is 12.0. The van der Waals surface area contributed by atoms with Gasteiger partial charge in [-0.1, -0.05) is 12.1 Å². The van der Waals surface area contributed by atoms with E-state index in [1.165, 1.54) is 6.20 Å². The van der Waals surface area contributed by atoms with Crippen LogP contribution < -0.4 is 11.1 Å². The highest BCUT2D eigenvalue weighted by molar-refractivity contribution is 6.06. The van der Waals surface area contributed by atoms with E-state index in [1.807, 2.05) is 26.0 Å². The van der Waals surface area contributed by atoms with Crippen molar-refractivity contribution in [3.05, 3.63) is 41.1 Å². The average molecular weight is 230 g/mol. The minimum absolute atomic E-state index is 0.192. The van der Waals surface area contributed by atoms with E-state index in [2.05, 4.69) is 15.5 Å². The predicted molar refractivity (Wildman–Crippen MR) is 66.9 cm³/mol. The molecule has 0 saturated carbocycles. The van der Waals surface area contributed by atoms with Crippen molar-refractivity contribution in [2.24, 2.45) is 0 Å². The molecule has 1 amide bonds. The second kappa shape index (κ2) is 4.29. The molecule has 0 fully saturated rings. The molecule has 5 nitrogen and oxygen atoms in total. The van der Waals surface area contributed by atoms with E-state index in [0.29, 0.717) is 17.1 Å². The summed E-state index contributed by atoms with van der Waals surface area (Å²) in [5, 5.41) is 9.07. The standard InChI is InChI=1S/C12H14N4O/c1-7-4-3-5-9(8(7)2)12(17)15-11-10(13)6-14-16-11/h3-6H,13H2,1-2H3,(H2,14,15,16,17). The number of nitrogen functional groups attached to an aromatic ring is 1.